The van der Waals surface area contributed by atoms with Gasteiger partial charge in [0, 0.05) is 18.6 Å². The van der Waals surface area contributed by atoms with Crippen LogP contribution in [0.15, 0.2) is 39.5 Å². The van der Waals surface area contributed by atoms with Crippen molar-refractivity contribution in [3.05, 3.63) is 44.5 Å². The van der Waals surface area contributed by atoms with E-state index in [1.807, 2.05) is 23.7 Å². The minimum absolute atomic E-state index is 0.143. The number of halogens is 2. The Balaban J connectivity index is 1.71. The van der Waals surface area contributed by atoms with Gasteiger partial charge < -0.3 is 4.57 Å². The van der Waals surface area contributed by atoms with Crippen LogP contribution in [0, 0.1) is 0 Å². The number of aryl methyl sites for hydroxylation is 1. The first-order valence-electron chi connectivity index (χ1n) is 8.88. The Labute approximate surface area is 186 Å². The van der Waals surface area contributed by atoms with Crippen molar-refractivity contribution in [2.24, 2.45) is 12.0 Å². The fourth-order valence-corrected chi connectivity index (χ4v) is 7.94. The summed E-state index contributed by atoms with van der Waals surface area (Å²) >= 11 is 14.3. The Bertz CT molecular complexity index is 1260. The molecule has 4 rings (SSSR count). The van der Waals surface area contributed by atoms with Crippen LogP contribution >= 0.6 is 45.9 Å². The molecule has 1 aliphatic heterocycles. The summed E-state index contributed by atoms with van der Waals surface area (Å²) < 4.78 is 30.7. The number of hydrogen-bond donors (Lipinski definition) is 0. The number of fused-ring (bicyclic) bond motifs is 1. The maximum atomic E-state index is 13.1. The summed E-state index contributed by atoms with van der Waals surface area (Å²) in [5, 5.41) is 0.608. The van der Waals surface area contributed by atoms with Gasteiger partial charge in [-0.05, 0) is 43.2 Å². The van der Waals surface area contributed by atoms with E-state index < -0.39 is 22.0 Å². The van der Waals surface area contributed by atoms with Crippen LogP contribution in [0.5, 0.6) is 0 Å². The molecule has 6 nitrogen and oxygen atoms in total. The van der Waals surface area contributed by atoms with E-state index in [2.05, 4.69) is 4.99 Å². The van der Waals surface area contributed by atoms with Crippen LogP contribution in [-0.2, 0) is 21.9 Å². The smallest absolute Gasteiger partial charge is 0.266 e. The van der Waals surface area contributed by atoms with Crippen molar-refractivity contribution in [3.63, 3.8) is 0 Å². The molecule has 1 atom stereocenters. The van der Waals surface area contributed by atoms with Gasteiger partial charge in [-0.25, -0.2) is 8.42 Å². The van der Waals surface area contributed by atoms with Gasteiger partial charge in [-0.3, -0.25) is 4.79 Å². The number of piperidine rings is 1. The third-order valence-electron chi connectivity index (χ3n) is 4.83. The summed E-state index contributed by atoms with van der Waals surface area (Å²) in [6.07, 6.45) is 1.93. The summed E-state index contributed by atoms with van der Waals surface area (Å²) in [4.78, 5) is 17.8. The summed E-state index contributed by atoms with van der Waals surface area (Å²) in [5.41, 5.74) is 0.910. The first kappa shape index (κ1) is 21.0. The molecular weight excluding hydrogens is 473 g/mol. The molecule has 3 aromatic rings. The molecule has 0 bridgehead atoms. The van der Waals surface area contributed by atoms with Crippen LogP contribution in [0.4, 0.5) is 0 Å². The van der Waals surface area contributed by atoms with E-state index in [0.717, 1.165) is 28.0 Å². The molecule has 1 unspecified atom stereocenters. The predicted molar refractivity (Wildman–Crippen MR) is 117 cm³/mol. The molecule has 1 saturated heterocycles. The number of carbonyl (C=O) groups is 1. The second-order valence-corrected chi connectivity index (χ2v) is 12.0. The summed E-state index contributed by atoms with van der Waals surface area (Å²) in [6, 6.07) is 7.68. The van der Waals surface area contributed by atoms with Crippen molar-refractivity contribution < 1.29 is 13.2 Å². The van der Waals surface area contributed by atoms with Crippen molar-refractivity contribution in [2.75, 3.05) is 6.54 Å². The highest BCUT2D eigenvalue weighted by molar-refractivity contribution is 7.91. The van der Waals surface area contributed by atoms with Crippen LogP contribution in [0.1, 0.15) is 19.3 Å². The van der Waals surface area contributed by atoms with E-state index in [4.69, 9.17) is 23.2 Å². The highest BCUT2D eigenvalue weighted by Crippen LogP contribution is 2.32. The Morgan fingerprint density at radius 2 is 1.97 bits per heavy atom. The van der Waals surface area contributed by atoms with Gasteiger partial charge in [0.2, 0.25) is 0 Å². The number of hydrogen-bond acceptors (Lipinski definition) is 5. The van der Waals surface area contributed by atoms with Crippen LogP contribution in [0.25, 0.3) is 10.2 Å². The lowest BCUT2D eigenvalue weighted by Crippen LogP contribution is -2.47. The standard InChI is InChI=1S/C18H17Cl2N3O3S3/c1-22-12-6-5-11(19)10-14(12)27-18(22)21-17(24)13-4-2-3-9-23(13)29(25,26)16-8-7-15(20)28-16/h5-8,10,13H,2-4,9H2,1H3. The van der Waals surface area contributed by atoms with E-state index >= 15 is 0 Å². The maximum Gasteiger partial charge on any atom is 0.266 e. The Morgan fingerprint density at radius 1 is 1.17 bits per heavy atom. The molecule has 0 spiro atoms. The average Bonchev–Trinajstić information content (AvgIpc) is 3.26. The Morgan fingerprint density at radius 3 is 2.69 bits per heavy atom. The Hall–Kier alpha value is -1.23. The zero-order chi connectivity index (χ0) is 20.8. The number of thiophene rings is 1. The van der Waals surface area contributed by atoms with Crippen molar-refractivity contribution in [2.45, 2.75) is 29.5 Å². The fraction of sp³-hybridized carbons (Fsp3) is 0.333. The largest absolute Gasteiger partial charge is 0.319 e. The van der Waals surface area contributed by atoms with Crippen LogP contribution in [0.3, 0.4) is 0 Å². The topological polar surface area (TPSA) is 71.7 Å². The Kier molecular flexibility index (Phi) is 5.89. The molecule has 0 radical (unpaired) electrons. The highest BCUT2D eigenvalue weighted by atomic mass is 35.5. The molecule has 1 fully saturated rings. The maximum absolute atomic E-state index is 13.1. The van der Waals surface area contributed by atoms with Gasteiger partial charge in [-0.2, -0.15) is 9.30 Å². The molecule has 0 aliphatic carbocycles. The SMILES string of the molecule is Cn1c(=NC(=O)C2CCCCN2S(=O)(=O)c2ccc(Cl)s2)sc2cc(Cl)ccc21. The van der Waals surface area contributed by atoms with Crippen molar-refractivity contribution in [1.29, 1.82) is 0 Å². The molecule has 3 heterocycles. The predicted octanol–water partition coefficient (Wildman–Crippen LogP) is 4.28. The van der Waals surface area contributed by atoms with Crippen molar-refractivity contribution in [1.82, 2.24) is 8.87 Å². The van der Waals surface area contributed by atoms with E-state index in [1.54, 1.807) is 12.1 Å². The zero-order valence-electron chi connectivity index (χ0n) is 15.3. The molecule has 2 aromatic heterocycles. The normalized spacial score (nSPS) is 19.1. The first-order chi connectivity index (χ1) is 13.8. The van der Waals surface area contributed by atoms with Gasteiger partial charge in [-0.1, -0.05) is 41.0 Å². The number of benzene rings is 1. The molecular formula is C18H17Cl2N3O3S3. The quantitative estimate of drug-likeness (QED) is 0.550. The molecule has 11 heteroatoms. The van der Waals surface area contributed by atoms with Crippen LogP contribution in [-0.4, -0.2) is 35.8 Å². The van der Waals surface area contributed by atoms with E-state index in [9.17, 15) is 13.2 Å². The third-order valence-corrected chi connectivity index (χ3v) is 9.76. The van der Waals surface area contributed by atoms with Crippen LogP contribution < -0.4 is 4.80 Å². The first-order valence-corrected chi connectivity index (χ1v) is 12.7. The molecule has 154 valence electrons. The van der Waals surface area contributed by atoms with Gasteiger partial charge >= 0.3 is 0 Å². The third kappa shape index (κ3) is 4.04. The molecule has 0 N–H and O–H groups in total. The number of nitrogens with zero attached hydrogens (tertiary/aromatic N) is 3. The highest BCUT2D eigenvalue weighted by Gasteiger charge is 2.38. The molecule has 1 amide bonds. The number of rotatable bonds is 3. The number of sulfonamides is 1. The van der Waals surface area contributed by atoms with Gasteiger partial charge in [0.1, 0.15) is 10.3 Å². The lowest BCUT2D eigenvalue weighted by atomic mass is 10.0. The molecule has 1 aromatic carbocycles. The van der Waals surface area contributed by atoms with E-state index in [1.165, 1.54) is 21.7 Å². The molecule has 1 aliphatic rings. The van der Waals surface area contributed by atoms with Crippen molar-refractivity contribution in [3.8, 4) is 0 Å². The van der Waals surface area contributed by atoms with Gasteiger partial charge in [0.05, 0.1) is 14.6 Å². The minimum Gasteiger partial charge on any atom is -0.319 e. The van der Waals surface area contributed by atoms with Gasteiger partial charge in [-0.15, -0.1) is 11.3 Å². The second-order valence-electron chi connectivity index (χ2n) is 6.69. The van der Waals surface area contributed by atoms with E-state index in [-0.39, 0.29) is 10.8 Å². The van der Waals surface area contributed by atoms with Gasteiger partial charge in [0.15, 0.2) is 4.80 Å². The summed E-state index contributed by atoms with van der Waals surface area (Å²) in [6.45, 7) is 0.290. The van der Waals surface area contributed by atoms with Gasteiger partial charge in [0.25, 0.3) is 15.9 Å². The zero-order valence-corrected chi connectivity index (χ0v) is 19.3. The number of aromatic nitrogens is 1. The summed E-state index contributed by atoms with van der Waals surface area (Å²) in [5.74, 6) is -0.454. The summed E-state index contributed by atoms with van der Waals surface area (Å²) in [7, 11) is -1.98. The monoisotopic (exact) mass is 489 g/mol. The number of carbonyl (C=O) groups excluding carboxylic acids is 1. The number of thiazole rings is 1. The number of amides is 1. The fourth-order valence-electron chi connectivity index (χ4n) is 3.37. The lowest BCUT2D eigenvalue weighted by molar-refractivity contribution is -0.122. The minimum atomic E-state index is -3.80. The van der Waals surface area contributed by atoms with Crippen LogP contribution in [0.2, 0.25) is 9.36 Å². The van der Waals surface area contributed by atoms with E-state index in [0.29, 0.717) is 27.0 Å². The molecule has 29 heavy (non-hydrogen) atoms. The average molecular weight is 490 g/mol. The lowest BCUT2D eigenvalue weighted by Gasteiger charge is -2.31. The molecule has 0 saturated carbocycles. The van der Waals surface area contributed by atoms with Crippen molar-refractivity contribution >= 4 is 72.0 Å². The second kappa shape index (κ2) is 8.13.